The number of likely N-dealkylation sites (N-methyl/N-ethyl adjacent to an activating group) is 1. The van der Waals surface area contributed by atoms with Gasteiger partial charge in [-0.2, -0.15) is 0 Å². The van der Waals surface area contributed by atoms with Crippen LogP contribution in [0.1, 0.15) is 38.5 Å². The van der Waals surface area contributed by atoms with Crippen molar-refractivity contribution in [2.24, 2.45) is 16.6 Å². The van der Waals surface area contributed by atoms with E-state index in [0.29, 0.717) is 12.3 Å². The average molecular weight is 351 g/mol. The average Bonchev–Trinajstić information content (AvgIpc) is 2.81. The molecule has 0 unspecified atom stereocenters. The summed E-state index contributed by atoms with van der Waals surface area (Å²) in [5.41, 5.74) is 4.76. The molecule has 0 aromatic heterocycles. The van der Waals surface area contributed by atoms with E-state index < -0.39 is 17.2 Å². The van der Waals surface area contributed by atoms with Crippen LogP contribution in [0.3, 0.4) is 0 Å². The van der Waals surface area contributed by atoms with Crippen molar-refractivity contribution in [3.05, 3.63) is 29.8 Å². The van der Waals surface area contributed by atoms with E-state index in [4.69, 9.17) is 10.5 Å². The fraction of sp³-hybridized carbons (Fsp3) is 0.556. The van der Waals surface area contributed by atoms with Crippen LogP contribution in [-0.4, -0.2) is 36.0 Å². The maximum Gasteiger partial charge on any atom is 0.260 e. The molecule has 1 aromatic rings. The molecule has 2 N–H and O–H groups in total. The van der Waals surface area contributed by atoms with Crippen LogP contribution in [0.15, 0.2) is 23.2 Å². The summed E-state index contributed by atoms with van der Waals surface area (Å²) in [7, 11) is 1.58. The van der Waals surface area contributed by atoms with Gasteiger partial charge in [-0.1, -0.05) is 32.1 Å². The highest BCUT2D eigenvalue weighted by Crippen LogP contribution is 2.36. The van der Waals surface area contributed by atoms with E-state index in [9.17, 15) is 13.6 Å². The van der Waals surface area contributed by atoms with Crippen molar-refractivity contribution in [2.75, 3.05) is 13.7 Å². The van der Waals surface area contributed by atoms with E-state index in [1.807, 2.05) is 0 Å². The highest BCUT2D eigenvalue weighted by molar-refractivity contribution is 6.06. The van der Waals surface area contributed by atoms with Crippen molar-refractivity contribution in [2.45, 2.75) is 44.1 Å². The first-order valence-electron chi connectivity index (χ1n) is 8.63. The van der Waals surface area contributed by atoms with Crippen LogP contribution in [0, 0.1) is 17.6 Å². The van der Waals surface area contributed by atoms with Crippen LogP contribution in [0.4, 0.5) is 8.78 Å². The zero-order valence-electron chi connectivity index (χ0n) is 14.3. The van der Waals surface area contributed by atoms with Gasteiger partial charge in [0.05, 0.1) is 0 Å². The van der Waals surface area contributed by atoms with Gasteiger partial charge in [0.15, 0.2) is 23.1 Å². The van der Waals surface area contributed by atoms with E-state index in [1.54, 1.807) is 7.05 Å². The minimum atomic E-state index is -1.09. The molecular weight excluding hydrogens is 328 g/mol. The summed E-state index contributed by atoms with van der Waals surface area (Å²) in [6.45, 7) is -0.0432. The zero-order valence-corrected chi connectivity index (χ0v) is 14.3. The molecule has 1 amide bonds. The Hall–Kier alpha value is -2.18. The van der Waals surface area contributed by atoms with Gasteiger partial charge in [0.1, 0.15) is 12.4 Å². The summed E-state index contributed by atoms with van der Waals surface area (Å²) in [4.78, 5) is 18.5. The molecule has 1 atom stereocenters. The SMILES string of the molecule is CN1C(=O)[C@@](COc2ccc(F)c(F)c2)(CC2CCCCC2)N=C1N. The lowest BCUT2D eigenvalue weighted by molar-refractivity contribution is -0.132. The molecule has 1 fully saturated rings. The van der Waals surface area contributed by atoms with Crippen LogP contribution in [0.25, 0.3) is 0 Å². The number of aliphatic imine (C=N–C) groups is 1. The van der Waals surface area contributed by atoms with Gasteiger partial charge in [-0.25, -0.2) is 13.8 Å². The molecule has 1 aromatic carbocycles. The minimum Gasteiger partial charge on any atom is -0.490 e. The molecule has 0 spiro atoms. The van der Waals surface area contributed by atoms with E-state index >= 15 is 0 Å². The number of nitrogens with two attached hydrogens (primary N) is 1. The fourth-order valence-corrected chi connectivity index (χ4v) is 3.68. The number of hydrogen-bond acceptors (Lipinski definition) is 4. The smallest absolute Gasteiger partial charge is 0.260 e. The fourth-order valence-electron chi connectivity index (χ4n) is 3.68. The summed E-state index contributed by atoms with van der Waals surface area (Å²) in [5.74, 6) is -1.43. The topological polar surface area (TPSA) is 67.9 Å². The molecule has 0 radical (unpaired) electrons. The molecule has 3 rings (SSSR count). The second kappa shape index (κ2) is 6.98. The Labute approximate surface area is 145 Å². The highest BCUT2D eigenvalue weighted by Gasteiger charge is 2.48. The standard InChI is InChI=1S/C18H23F2N3O2/c1-23-16(24)18(22-17(23)21,10-12-5-3-2-4-6-12)11-25-13-7-8-14(19)15(20)9-13/h7-9,12H,2-6,10-11H2,1H3,(H2,21,22)/t18-/m0/s1. The van der Waals surface area contributed by atoms with Crippen molar-refractivity contribution < 1.29 is 18.3 Å². The number of guanidine groups is 1. The van der Waals surface area contributed by atoms with Crippen LogP contribution < -0.4 is 10.5 Å². The molecule has 1 saturated carbocycles. The summed E-state index contributed by atoms with van der Waals surface area (Å²) in [6, 6.07) is 3.31. The van der Waals surface area contributed by atoms with E-state index in [-0.39, 0.29) is 24.2 Å². The van der Waals surface area contributed by atoms with Gasteiger partial charge in [-0.15, -0.1) is 0 Å². The third-order valence-electron chi connectivity index (χ3n) is 5.09. The second-order valence-corrected chi connectivity index (χ2v) is 6.94. The lowest BCUT2D eigenvalue weighted by Gasteiger charge is -2.31. The van der Waals surface area contributed by atoms with E-state index in [2.05, 4.69) is 4.99 Å². The van der Waals surface area contributed by atoms with Gasteiger partial charge in [0.2, 0.25) is 0 Å². The van der Waals surface area contributed by atoms with Gasteiger partial charge in [-0.05, 0) is 24.5 Å². The molecular formula is C18H23F2N3O2. The predicted molar refractivity (Wildman–Crippen MR) is 90.2 cm³/mol. The third kappa shape index (κ3) is 3.60. The second-order valence-electron chi connectivity index (χ2n) is 6.94. The van der Waals surface area contributed by atoms with E-state index in [1.165, 1.54) is 17.4 Å². The Balaban J connectivity index is 1.79. The third-order valence-corrected chi connectivity index (χ3v) is 5.09. The molecule has 0 bridgehead atoms. The van der Waals surface area contributed by atoms with Crippen molar-refractivity contribution >= 4 is 11.9 Å². The van der Waals surface area contributed by atoms with Crippen molar-refractivity contribution in [3.63, 3.8) is 0 Å². The summed E-state index contributed by atoms with van der Waals surface area (Å²) in [6.07, 6.45) is 6.18. The molecule has 1 heterocycles. The Kier molecular flexibility index (Phi) is 4.92. The number of rotatable bonds is 5. The Morgan fingerprint density at radius 2 is 2.00 bits per heavy atom. The largest absolute Gasteiger partial charge is 0.490 e. The van der Waals surface area contributed by atoms with Crippen LogP contribution >= 0.6 is 0 Å². The number of benzene rings is 1. The van der Waals surface area contributed by atoms with Crippen LogP contribution in [0.2, 0.25) is 0 Å². The van der Waals surface area contributed by atoms with Gasteiger partial charge >= 0.3 is 0 Å². The lowest BCUT2D eigenvalue weighted by Crippen LogP contribution is -2.47. The van der Waals surface area contributed by atoms with Gasteiger partial charge < -0.3 is 10.5 Å². The number of carbonyl (C=O) groups excluding carboxylic acids is 1. The van der Waals surface area contributed by atoms with Crippen molar-refractivity contribution in [1.82, 2.24) is 4.90 Å². The highest BCUT2D eigenvalue weighted by atomic mass is 19.2. The van der Waals surface area contributed by atoms with Gasteiger partial charge in [0.25, 0.3) is 5.91 Å². The Morgan fingerprint density at radius 1 is 1.28 bits per heavy atom. The number of amides is 1. The first kappa shape index (κ1) is 17.6. The van der Waals surface area contributed by atoms with E-state index in [0.717, 1.165) is 37.8 Å². The summed E-state index contributed by atoms with van der Waals surface area (Å²) in [5, 5.41) is 0. The summed E-state index contributed by atoms with van der Waals surface area (Å²) < 4.78 is 32.1. The number of halogens is 2. The summed E-state index contributed by atoms with van der Waals surface area (Å²) >= 11 is 0. The molecule has 1 aliphatic carbocycles. The monoisotopic (exact) mass is 351 g/mol. The van der Waals surface area contributed by atoms with Crippen molar-refractivity contribution in [3.8, 4) is 5.75 Å². The lowest BCUT2D eigenvalue weighted by atomic mass is 9.79. The maximum absolute atomic E-state index is 13.4. The molecule has 136 valence electrons. The quantitative estimate of drug-likeness (QED) is 0.887. The number of nitrogens with zero attached hydrogens (tertiary/aromatic N) is 2. The Bertz CT molecular complexity index is 689. The minimum absolute atomic E-state index is 0.0432. The van der Waals surface area contributed by atoms with Crippen LogP contribution in [-0.2, 0) is 4.79 Å². The molecule has 25 heavy (non-hydrogen) atoms. The molecule has 1 aliphatic heterocycles. The zero-order chi connectivity index (χ0) is 18.0. The van der Waals surface area contributed by atoms with Gasteiger partial charge in [-0.3, -0.25) is 9.69 Å². The maximum atomic E-state index is 13.4. The number of ether oxygens (including phenoxy) is 1. The Morgan fingerprint density at radius 3 is 2.60 bits per heavy atom. The normalized spacial score (nSPS) is 24.5. The predicted octanol–water partition coefficient (Wildman–Crippen LogP) is 2.84. The first-order chi connectivity index (χ1) is 11.9. The molecule has 2 aliphatic rings. The van der Waals surface area contributed by atoms with Crippen molar-refractivity contribution in [1.29, 1.82) is 0 Å². The molecule has 5 nitrogen and oxygen atoms in total. The van der Waals surface area contributed by atoms with Gasteiger partial charge in [0, 0.05) is 13.1 Å². The first-order valence-corrected chi connectivity index (χ1v) is 8.63. The number of hydrogen-bond donors (Lipinski definition) is 1. The van der Waals surface area contributed by atoms with Crippen LogP contribution in [0.5, 0.6) is 5.75 Å². The molecule has 7 heteroatoms. The molecule has 0 saturated heterocycles. The number of carbonyl (C=O) groups is 1.